The van der Waals surface area contributed by atoms with Gasteiger partial charge in [-0.1, -0.05) is 37.0 Å². The SMILES string of the molecule is [CH]=C/C(C)=C/C=C. The number of hydrogen-bond donors (Lipinski definition) is 0. The predicted octanol–water partition coefficient (Wildman–Crippen LogP) is 2.11. The average molecular weight is 93.1 g/mol. The van der Waals surface area contributed by atoms with Crippen molar-refractivity contribution in [1.29, 1.82) is 0 Å². The van der Waals surface area contributed by atoms with E-state index in [4.69, 9.17) is 6.58 Å². The van der Waals surface area contributed by atoms with Crippen LogP contribution in [0.5, 0.6) is 0 Å². The van der Waals surface area contributed by atoms with Crippen molar-refractivity contribution >= 4 is 0 Å². The Morgan fingerprint density at radius 3 is 2.43 bits per heavy atom. The highest BCUT2D eigenvalue weighted by atomic mass is 13.8. The van der Waals surface area contributed by atoms with E-state index in [2.05, 4.69) is 6.58 Å². The van der Waals surface area contributed by atoms with Gasteiger partial charge in [0, 0.05) is 0 Å². The van der Waals surface area contributed by atoms with E-state index in [1.807, 2.05) is 13.0 Å². The molecule has 0 unspecified atom stereocenters. The normalized spacial score (nSPS) is 10.7. The van der Waals surface area contributed by atoms with Gasteiger partial charge in [-0.15, -0.1) is 0 Å². The molecule has 0 aliphatic heterocycles. The second-order valence-electron chi connectivity index (χ2n) is 1.31. The number of allylic oxidation sites excluding steroid dienone is 4. The van der Waals surface area contributed by atoms with E-state index in [0.29, 0.717) is 0 Å². The summed E-state index contributed by atoms with van der Waals surface area (Å²) < 4.78 is 0. The maximum atomic E-state index is 5.12. The molecular formula is C7H9. The molecule has 0 aromatic carbocycles. The topological polar surface area (TPSA) is 0 Å². The van der Waals surface area contributed by atoms with E-state index >= 15 is 0 Å². The zero-order chi connectivity index (χ0) is 5.70. The maximum Gasteiger partial charge on any atom is -0.0398 e. The van der Waals surface area contributed by atoms with E-state index in [1.54, 1.807) is 12.2 Å². The quantitative estimate of drug-likeness (QED) is 0.459. The third-order valence-corrected chi connectivity index (χ3v) is 0.644. The Bertz CT molecular complexity index is 96.6. The Morgan fingerprint density at radius 1 is 1.71 bits per heavy atom. The van der Waals surface area contributed by atoms with Crippen LogP contribution in [0.2, 0.25) is 0 Å². The van der Waals surface area contributed by atoms with Gasteiger partial charge in [0.25, 0.3) is 0 Å². The molecule has 0 saturated heterocycles. The van der Waals surface area contributed by atoms with Crippen LogP contribution in [0.3, 0.4) is 0 Å². The Morgan fingerprint density at radius 2 is 2.29 bits per heavy atom. The lowest BCUT2D eigenvalue weighted by Gasteiger charge is -1.79. The van der Waals surface area contributed by atoms with Gasteiger partial charge in [-0.25, -0.2) is 0 Å². The van der Waals surface area contributed by atoms with Crippen LogP contribution < -0.4 is 0 Å². The molecule has 7 heavy (non-hydrogen) atoms. The fraction of sp³-hybridized carbons (Fsp3) is 0.143. The molecule has 0 N–H and O–H groups in total. The summed E-state index contributed by atoms with van der Waals surface area (Å²) in [4.78, 5) is 0. The number of hydrogen-bond acceptors (Lipinski definition) is 0. The van der Waals surface area contributed by atoms with Crippen molar-refractivity contribution in [1.82, 2.24) is 0 Å². The second kappa shape index (κ2) is 3.41. The van der Waals surface area contributed by atoms with E-state index in [-0.39, 0.29) is 0 Å². The number of rotatable bonds is 2. The molecule has 0 atom stereocenters. The van der Waals surface area contributed by atoms with Crippen molar-refractivity contribution in [3.8, 4) is 0 Å². The summed E-state index contributed by atoms with van der Waals surface area (Å²) in [6, 6.07) is 0. The summed E-state index contributed by atoms with van der Waals surface area (Å²) in [5, 5.41) is 0. The van der Waals surface area contributed by atoms with Crippen LogP contribution in [0.25, 0.3) is 0 Å². The minimum Gasteiger partial charge on any atom is -0.0991 e. The average Bonchev–Trinajstić information content (AvgIpc) is 1.68. The third-order valence-electron chi connectivity index (χ3n) is 0.644. The van der Waals surface area contributed by atoms with Gasteiger partial charge in [-0.3, -0.25) is 0 Å². The zero-order valence-electron chi connectivity index (χ0n) is 4.52. The summed E-state index contributed by atoms with van der Waals surface area (Å²) in [6.07, 6.45) is 5.10. The molecule has 0 aromatic heterocycles. The van der Waals surface area contributed by atoms with Crippen LogP contribution in [0, 0.1) is 6.58 Å². The van der Waals surface area contributed by atoms with Gasteiger partial charge >= 0.3 is 0 Å². The first-order valence-electron chi connectivity index (χ1n) is 2.15. The van der Waals surface area contributed by atoms with Gasteiger partial charge in [0.05, 0.1) is 0 Å². The second-order valence-corrected chi connectivity index (χ2v) is 1.31. The van der Waals surface area contributed by atoms with Crippen LogP contribution in [0.1, 0.15) is 6.92 Å². The zero-order valence-corrected chi connectivity index (χ0v) is 4.52. The molecule has 37 valence electrons. The van der Waals surface area contributed by atoms with Gasteiger partial charge < -0.3 is 0 Å². The minimum atomic E-state index is 1.04. The molecule has 0 aromatic rings. The Balaban J connectivity index is 3.72. The van der Waals surface area contributed by atoms with Gasteiger partial charge in [0.15, 0.2) is 0 Å². The van der Waals surface area contributed by atoms with Crippen molar-refractivity contribution in [3.63, 3.8) is 0 Å². The molecule has 0 bridgehead atoms. The lowest BCUT2D eigenvalue weighted by Crippen LogP contribution is -1.59. The first-order valence-corrected chi connectivity index (χ1v) is 2.15. The smallest absolute Gasteiger partial charge is 0.0398 e. The molecule has 0 fully saturated rings. The van der Waals surface area contributed by atoms with Crippen LogP contribution in [-0.4, -0.2) is 0 Å². The molecule has 0 aliphatic rings. The molecular weight excluding hydrogens is 84.1 g/mol. The van der Waals surface area contributed by atoms with Crippen LogP contribution in [-0.2, 0) is 0 Å². The van der Waals surface area contributed by atoms with Crippen molar-refractivity contribution in [2.24, 2.45) is 0 Å². The van der Waals surface area contributed by atoms with E-state index < -0.39 is 0 Å². The van der Waals surface area contributed by atoms with Crippen molar-refractivity contribution in [3.05, 3.63) is 37.0 Å². The van der Waals surface area contributed by atoms with Gasteiger partial charge in [0.1, 0.15) is 0 Å². The predicted molar refractivity (Wildman–Crippen MR) is 32.8 cm³/mol. The standard InChI is InChI=1S/C7H9/c1-4-6-7(3)5-2/h2,4-6H,1H2,3H3/b5-2?,7-6+. The van der Waals surface area contributed by atoms with Crippen LogP contribution in [0.4, 0.5) is 0 Å². The molecule has 1 radical (unpaired) electrons. The fourth-order valence-electron chi connectivity index (χ4n) is 0.241. The van der Waals surface area contributed by atoms with Gasteiger partial charge in [-0.05, 0) is 6.92 Å². The molecule has 0 nitrogen and oxygen atoms in total. The summed E-state index contributed by atoms with van der Waals surface area (Å²) in [5.74, 6) is 0. The molecule has 0 rings (SSSR count). The molecule has 0 spiro atoms. The largest absolute Gasteiger partial charge is 0.0991 e. The Labute approximate surface area is 44.9 Å². The van der Waals surface area contributed by atoms with Gasteiger partial charge in [-0.2, -0.15) is 0 Å². The molecule has 0 amide bonds. The van der Waals surface area contributed by atoms with E-state index in [1.165, 1.54) is 0 Å². The van der Waals surface area contributed by atoms with Crippen LogP contribution in [0.15, 0.2) is 30.4 Å². The molecule has 0 aliphatic carbocycles. The monoisotopic (exact) mass is 93.1 g/mol. The molecule has 0 saturated carbocycles. The first-order chi connectivity index (χ1) is 3.31. The highest BCUT2D eigenvalue weighted by Gasteiger charge is 1.69. The highest BCUT2D eigenvalue weighted by molar-refractivity contribution is 5.16. The summed E-state index contributed by atoms with van der Waals surface area (Å²) in [6.45, 7) is 10.5. The van der Waals surface area contributed by atoms with Crippen molar-refractivity contribution in [2.45, 2.75) is 6.92 Å². The van der Waals surface area contributed by atoms with Crippen molar-refractivity contribution < 1.29 is 0 Å². The van der Waals surface area contributed by atoms with Crippen LogP contribution >= 0.6 is 0 Å². The minimum absolute atomic E-state index is 1.04. The maximum absolute atomic E-state index is 5.12. The third kappa shape index (κ3) is 3.04. The molecule has 0 heteroatoms. The molecule has 0 heterocycles. The summed E-state index contributed by atoms with van der Waals surface area (Å²) >= 11 is 0. The van der Waals surface area contributed by atoms with Crippen molar-refractivity contribution in [2.75, 3.05) is 0 Å². The van der Waals surface area contributed by atoms with Gasteiger partial charge in [0.2, 0.25) is 0 Å². The lowest BCUT2D eigenvalue weighted by atomic mass is 10.3. The fourth-order valence-corrected chi connectivity index (χ4v) is 0.241. The van der Waals surface area contributed by atoms with E-state index in [0.717, 1.165) is 5.57 Å². The summed E-state index contributed by atoms with van der Waals surface area (Å²) in [7, 11) is 0. The first kappa shape index (κ1) is 6.22. The lowest BCUT2D eigenvalue weighted by molar-refractivity contribution is 1.53. The summed E-state index contributed by atoms with van der Waals surface area (Å²) in [5.41, 5.74) is 1.04. The van der Waals surface area contributed by atoms with E-state index in [9.17, 15) is 0 Å². The Kier molecular flexibility index (Phi) is 3.03. The Hall–Kier alpha value is -0.780. The highest BCUT2D eigenvalue weighted by Crippen LogP contribution is 1.89.